The predicted octanol–water partition coefficient (Wildman–Crippen LogP) is 4.47. The topological polar surface area (TPSA) is 66.4 Å². The van der Waals surface area contributed by atoms with Crippen LogP contribution in [0.1, 0.15) is 46.8 Å². The van der Waals surface area contributed by atoms with Crippen LogP contribution in [0.25, 0.3) is 6.08 Å². The van der Waals surface area contributed by atoms with E-state index in [2.05, 4.69) is 19.2 Å². The number of benzene rings is 2. The van der Waals surface area contributed by atoms with Crippen molar-refractivity contribution in [1.82, 2.24) is 0 Å². The maximum atomic E-state index is 12.0. The van der Waals surface area contributed by atoms with Crippen molar-refractivity contribution in [2.24, 2.45) is 0 Å². The van der Waals surface area contributed by atoms with Crippen LogP contribution in [0.4, 0.5) is 5.69 Å². The van der Waals surface area contributed by atoms with Crippen molar-refractivity contribution < 1.29 is 14.7 Å². The van der Waals surface area contributed by atoms with Crippen LogP contribution in [-0.4, -0.2) is 17.0 Å². The molecule has 0 aromatic heterocycles. The van der Waals surface area contributed by atoms with Gasteiger partial charge in [0.05, 0.1) is 5.56 Å². The van der Waals surface area contributed by atoms with Crippen molar-refractivity contribution >= 4 is 23.6 Å². The monoisotopic (exact) mass is 323 g/mol. The van der Waals surface area contributed by atoms with E-state index in [-0.39, 0.29) is 11.5 Å². The van der Waals surface area contributed by atoms with Gasteiger partial charge < -0.3 is 10.4 Å². The van der Waals surface area contributed by atoms with Crippen LogP contribution in [0.2, 0.25) is 0 Å². The molecule has 4 nitrogen and oxygen atoms in total. The van der Waals surface area contributed by atoms with Crippen LogP contribution in [0.5, 0.6) is 0 Å². The summed E-state index contributed by atoms with van der Waals surface area (Å²) in [6.07, 6.45) is 3.17. The maximum absolute atomic E-state index is 12.0. The Morgan fingerprint density at radius 3 is 2.33 bits per heavy atom. The number of carboxylic acid groups (broad SMARTS) is 1. The molecule has 0 aliphatic carbocycles. The van der Waals surface area contributed by atoms with Crippen LogP contribution in [0.3, 0.4) is 0 Å². The first-order valence-corrected chi connectivity index (χ1v) is 7.80. The van der Waals surface area contributed by atoms with Gasteiger partial charge in [-0.15, -0.1) is 0 Å². The third kappa shape index (κ3) is 4.32. The summed E-state index contributed by atoms with van der Waals surface area (Å²) in [6.45, 7) is 5.94. The van der Waals surface area contributed by atoms with Crippen molar-refractivity contribution in [3.8, 4) is 0 Å². The predicted molar refractivity (Wildman–Crippen MR) is 96.3 cm³/mol. The zero-order valence-corrected chi connectivity index (χ0v) is 14.0. The lowest BCUT2D eigenvalue weighted by Gasteiger charge is -2.08. The number of carboxylic acids is 1. The number of rotatable bonds is 5. The van der Waals surface area contributed by atoms with Gasteiger partial charge in [0.1, 0.15) is 0 Å². The Morgan fingerprint density at radius 2 is 1.75 bits per heavy atom. The van der Waals surface area contributed by atoms with E-state index in [4.69, 9.17) is 5.11 Å². The number of aromatic carboxylic acids is 1. The molecule has 0 saturated carbocycles. The quantitative estimate of drug-likeness (QED) is 0.798. The van der Waals surface area contributed by atoms with Crippen molar-refractivity contribution in [2.45, 2.75) is 26.7 Å². The number of carbonyl (C=O) groups excluding carboxylic acids is 1. The minimum atomic E-state index is -1.01. The Balaban J connectivity index is 2.08. The highest BCUT2D eigenvalue weighted by atomic mass is 16.4. The molecular formula is C20H21NO3. The van der Waals surface area contributed by atoms with Crippen molar-refractivity contribution in [3.63, 3.8) is 0 Å². The molecule has 124 valence electrons. The summed E-state index contributed by atoms with van der Waals surface area (Å²) in [6, 6.07) is 12.8. The fourth-order valence-corrected chi connectivity index (χ4v) is 2.34. The van der Waals surface area contributed by atoms with Gasteiger partial charge in [-0.2, -0.15) is 0 Å². The first-order valence-electron chi connectivity index (χ1n) is 7.80. The normalized spacial score (nSPS) is 11.0. The molecule has 2 N–H and O–H groups in total. The van der Waals surface area contributed by atoms with E-state index in [0.717, 1.165) is 5.56 Å². The van der Waals surface area contributed by atoms with E-state index < -0.39 is 5.97 Å². The lowest BCUT2D eigenvalue weighted by molar-refractivity contribution is -0.111. The summed E-state index contributed by atoms with van der Waals surface area (Å²) < 4.78 is 0. The Hall–Kier alpha value is -2.88. The lowest BCUT2D eigenvalue weighted by atomic mass is 10.0. The first kappa shape index (κ1) is 17.5. The molecule has 0 aliphatic heterocycles. The molecule has 1 amide bonds. The largest absolute Gasteiger partial charge is 0.478 e. The molecule has 0 heterocycles. The molecule has 0 radical (unpaired) electrons. The summed E-state index contributed by atoms with van der Waals surface area (Å²) in [5.41, 5.74) is 3.40. The van der Waals surface area contributed by atoms with Crippen molar-refractivity contribution in [1.29, 1.82) is 0 Å². The molecule has 2 aromatic carbocycles. The Kier molecular flexibility index (Phi) is 5.53. The molecule has 0 unspecified atom stereocenters. The molecule has 0 bridgehead atoms. The van der Waals surface area contributed by atoms with E-state index in [1.54, 1.807) is 25.1 Å². The fraction of sp³-hybridized carbons (Fsp3) is 0.200. The van der Waals surface area contributed by atoms with E-state index in [0.29, 0.717) is 17.2 Å². The van der Waals surface area contributed by atoms with Crippen molar-refractivity contribution in [2.75, 3.05) is 5.32 Å². The molecule has 0 saturated heterocycles. The van der Waals surface area contributed by atoms with E-state index in [9.17, 15) is 9.59 Å². The van der Waals surface area contributed by atoms with E-state index in [1.807, 2.05) is 24.3 Å². The molecule has 0 aliphatic rings. The second kappa shape index (κ2) is 7.59. The third-order valence-corrected chi connectivity index (χ3v) is 3.85. The van der Waals surface area contributed by atoms with Crippen LogP contribution in [-0.2, 0) is 4.79 Å². The average molecular weight is 323 g/mol. The standard InChI is InChI=1S/C20H21NO3/c1-13(2)16-10-7-15(8-11-16)9-12-19(22)21-18-6-4-5-17(14(18)3)20(23)24/h4-13H,1-3H3,(H,21,22)(H,23,24)/b12-9+. The van der Waals surface area contributed by atoms with Crippen LogP contribution >= 0.6 is 0 Å². The van der Waals surface area contributed by atoms with Crippen LogP contribution in [0.15, 0.2) is 48.5 Å². The van der Waals surface area contributed by atoms with Crippen molar-refractivity contribution in [3.05, 3.63) is 70.8 Å². The Bertz CT molecular complexity index is 774. The minimum absolute atomic E-state index is 0.182. The SMILES string of the molecule is Cc1c(NC(=O)/C=C/c2ccc(C(C)C)cc2)cccc1C(=O)O. The van der Waals surface area contributed by atoms with Gasteiger partial charge in [-0.05, 0) is 47.7 Å². The third-order valence-electron chi connectivity index (χ3n) is 3.85. The molecule has 0 spiro atoms. The molecule has 24 heavy (non-hydrogen) atoms. The number of carbonyl (C=O) groups is 2. The summed E-state index contributed by atoms with van der Waals surface area (Å²) in [4.78, 5) is 23.2. The minimum Gasteiger partial charge on any atom is -0.478 e. The number of amides is 1. The molecule has 2 aromatic rings. The van der Waals surface area contributed by atoms with Gasteiger partial charge in [-0.1, -0.05) is 44.2 Å². The number of hydrogen-bond donors (Lipinski definition) is 2. The zero-order chi connectivity index (χ0) is 17.7. The highest BCUT2D eigenvalue weighted by molar-refractivity contribution is 6.03. The second-order valence-corrected chi connectivity index (χ2v) is 5.93. The molecule has 0 atom stereocenters. The first-order chi connectivity index (χ1) is 11.4. The molecule has 0 fully saturated rings. The summed E-state index contributed by atoms with van der Waals surface area (Å²) >= 11 is 0. The summed E-state index contributed by atoms with van der Waals surface area (Å²) in [5.74, 6) is -0.839. The van der Waals surface area contributed by atoms with Gasteiger partial charge in [-0.3, -0.25) is 4.79 Å². The fourth-order valence-electron chi connectivity index (χ4n) is 2.34. The zero-order valence-electron chi connectivity index (χ0n) is 14.0. The van der Waals surface area contributed by atoms with E-state index in [1.165, 1.54) is 17.7 Å². The smallest absolute Gasteiger partial charge is 0.336 e. The van der Waals surface area contributed by atoms with Gasteiger partial charge in [0, 0.05) is 11.8 Å². The molecular weight excluding hydrogens is 302 g/mol. The average Bonchev–Trinajstić information content (AvgIpc) is 2.55. The van der Waals surface area contributed by atoms with Gasteiger partial charge in [-0.25, -0.2) is 4.79 Å². The number of nitrogens with one attached hydrogen (secondary N) is 1. The summed E-state index contributed by atoms with van der Waals surface area (Å²) in [5, 5.41) is 11.8. The number of anilines is 1. The van der Waals surface area contributed by atoms with Crippen LogP contribution in [0, 0.1) is 6.92 Å². The van der Waals surface area contributed by atoms with Gasteiger partial charge in [0.25, 0.3) is 0 Å². The molecule has 2 rings (SSSR count). The number of hydrogen-bond acceptors (Lipinski definition) is 2. The lowest BCUT2D eigenvalue weighted by Crippen LogP contribution is -2.11. The molecule has 4 heteroatoms. The highest BCUT2D eigenvalue weighted by Gasteiger charge is 2.10. The van der Waals surface area contributed by atoms with Crippen LogP contribution < -0.4 is 5.32 Å². The maximum Gasteiger partial charge on any atom is 0.336 e. The Morgan fingerprint density at radius 1 is 1.08 bits per heavy atom. The van der Waals surface area contributed by atoms with Gasteiger partial charge in [0.2, 0.25) is 5.91 Å². The van der Waals surface area contributed by atoms with E-state index >= 15 is 0 Å². The Labute approximate surface area is 141 Å². The van der Waals surface area contributed by atoms with Gasteiger partial charge in [0.15, 0.2) is 0 Å². The second-order valence-electron chi connectivity index (χ2n) is 5.93. The summed E-state index contributed by atoms with van der Waals surface area (Å²) in [7, 11) is 0. The highest BCUT2D eigenvalue weighted by Crippen LogP contribution is 2.19. The van der Waals surface area contributed by atoms with Gasteiger partial charge >= 0.3 is 5.97 Å².